The third kappa shape index (κ3) is 4.50. The molecule has 0 aliphatic rings. The molecule has 0 atom stereocenters. The number of carbonyl (C=O) groups is 1. The molecule has 4 aromatic rings. The molecule has 0 aliphatic carbocycles. The van der Waals surface area contributed by atoms with Crippen molar-refractivity contribution in [3.8, 4) is 5.75 Å². The van der Waals surface area contributed by atoms with Crippen LogP contribution in [0.1, 0.15) is 5.69 Å². The first-order valence-corrected chi connectivity index (χ1v) is 9.69. The second kappa shape index (κ2) is 7.85. The van der Waals surface area contributed by atoms with Gasteiger partial charge in [0.25, 0.3) is 0 Å². The lowest BCUT2D eigenvalue weighted by Gasteiger charge is -2.03. The average molecular weight is 444 g/mol. The topological polar surface area (TPSA) is 81.9 Å². The van der Waals surface area contributed by atoms with Crippen molar-refractivity contribution in [2.24, 2.45) is 0 Å². The summed E-state index contributed by atoms with van der Waals surface area (Å²) in [7, 11) is 0. The van der Waals surface area contributed by atoms with E-state index in [0.717, 1.165) is 20.4 Å². The van der Waals surface area contributed by atoms with Crippen molar-refractivity contribution in [1.29, 1.82) is 0 Å². The van der Waals surface area contributed by atoms with Gasteiger partial charge in [-0.15, -0.1) is 5.10 Å². The zero-order chi connectivity index (χ0) is 18.6. The van der Waals surface area contributed by atoms with E-state index in [0.29, 0.717) is 10.8 Å². The van der Waals surface area contributed by atoms with Crippen LogP contribution in [0.25, 0.3) is 10.2 Å². The van der Waals surface area contributed by atoms with Crippen molar-refractivity contribution in [3.05, 3.63) is 64.9 Å². The Bertz CT molecular complexity index is 1040. The van der Waals surface area contributed by atoms with Crippen molar-refractivity contribution in [2.75, 3.05) is 5.32 Å². The molecule has 0 bridgehead atoms. The molecule has 2 heterocycles. The molecule has 2 aromatic heterocycles. The molecular formula is C18H14BrN5O2S. The number of hydrogen-bond donors (Lipinski definition) is 1. The minimum atomic E-state index is -0.209. The first-order valence-electron chi connectivity index (χ1n) is 8.08. The summed E-state index contributed by atoms with van der Waals surface area (Å²) in [5, 5.41) is 11.4. The summed E-state index contributed by atoms with van der Waals surface area (Å²) in [6.07, 6.45) is 1.69. The van der Waals surface area contributed by atoms with Gasteiger partial charge < -0.3 is 10.1 Å². The number of para-hydroxylation sites is 1. The van der Waals surface area contributed by atoms with Gasteiger partial charge in [0.2, 0.25) is 5.91 Å². The van der Waals surface area contributed by atoms with Crippen LogP contribution in [0.2, 0.25) is 0 Å². The van der Waals surface area contributed by atoms with Crippen molar-refractivity contribution in [1.82, 2.24) is 20.0 Å². The predicted octanol–water partition coefficient (Wildman–Crippen LogP) is 3.87. The molecule has 7 nitrogen and oxygen atoms in total. The quantitative estimate of drug-likeness (QED) is 0.488. The van der Waals surface area contributed by atoms with E-state index in [1.165, 1.54) is 16.0 Å². The molecule has 0 aliphatic heterocycles. The van der Waals surface area contributed by atoms with Crippen molar-refractivity contribution >= 4 is 48.5 Å². The van der Waals surface area contributed by atoms with Crippen LogP contribution in [0.5, 0.6) is 5.75 Å². The minimum absolute atomic E-state index is 0.0568. The second-order valence-corrected chi connectivity index (χ2v) is 7.63. The predicted molar refractivity (Wildman–Crippen MR) is 107 cm³/mol. The highest BCUT2D eigenvalue weighted by Crippen LogP contribution is 2.25. The van der Waals surface area contributed by atoms with Crippen LogP contribution < -0.4 is 10.1 Å². The molecule has 2 aromatic carbocycles. The number of nitrogens with one attached hydrogen (secondary N) is 1. The van der Waals surface area contributed by atoms with E-state index >= 15 is 0 Å². The Morgan fingerprint density at radius 3 is 2.81 bits per heavy atom. The van der Waals surface area contributed by atoms with Gasteiger partial charge in [-0.05, 0) is 36.4 Å². The van der Waals surface area contributed by atoms with E-state index in [2.05, 4.69) is 36.5 Å². The lowest BCUT2D eigenvalue weighted by molar-refractivity contribution is -0.116. The van der Waals surface area contributed by atoms with Crippen LogP contribution in [-0.4, -0.2) is 25.9 Å². The summed E-state index contributed by atoms with van der Waals surface area (Å²) in [5.74, 6) is 0.528. The standard InChI is InChI=1S/C18H14BrN5O2S/c19-12-5-7-14(8-6-12)26-11-13-9-24(23-22-13)10-17(25)21-18-20-15-3-1-2-4-16(15)27-18/h1-9H,10-11H2,(H,20,21,25). The van der Waals surface area contributed by atoms with Gasteiger partial charge in [0, 0.05) is 4.47 Å². The van der Waals surface area contributed by atoms with Crippen molar-refractivity contribution in [2.45, 2.75) is 13.2 Å². The van der Waals surface area contributed by atoms with Crippen LogP contribution in [0.3, 0.4) is 0 Å². The number of hydrogen-bond acceptors (Lipinski definition) is 6. The first-order chi connectivity index (χ1) is 13.2. The lowest BCUT2D eigenvalue weighted by Crippen LogP contribution is -2.19. The Balaban J connectivity index is 1.32. The molecule has 1 amide bonds. The second-order valence-electron chi connectivity index (χ2n) is 5.68. The summed E-state index contributed by atoms with van der Waals surface area (Å²) in [6.45, 7) is 0.336. The maximum absolute atomic E-state index is 12.2. The zero-order valence-electron chi connectivity index (χ0n) is 14.0. The number of carbonyl (C=O) groups excluding carboxylic acids is 1. The number of anilines is 1. The lowest BCUT2D eigenvalue weighted by atomic mass is 10.3. The van der Waals surface area contributed by atoms with Crippen LogP contribution in [0.4, 0.5) is 5.13 Å². The maximum Gasteiger partial charge on any atom is 0.247 e. The summed E-state index contributed by atoms with van der Waals surface area (Å²) in [4.78, 5) is 16.6. The molecule has 0 fully saturated rings. The summed E-state index contributed by atoms with van der Waals surface area (Å²) in [6, 6.07) is 15.3. The number of amides is 1. The third-order valence-corrected chi connectivity index (χ3v) is 5.11. The van der Waals surface area contributed by atoms with Gasteiger partial charge in [-0.3, -0.25) is 4.79 Å². The number of benzene rings is 2. The fourth-order valence-electron chi connectivity index (χ4n) is 2.40. The van der Waals surface area contributed by atoms with E-state index in [4.69, 9.17) is 4.74 Å². The monoisotopic (exact) mass is 443 g/mol. The number of halogens is 1. The molecule has 0 spiro atoms. The van der Waals surface area contributed by atoms with Crippen LogP contribution in [0.15, 0.2) is 59.2 Å². The Labute approximate surface area is 167 Å². The molecule has 4 rings (SSSR count). The maximum atomic E-state index is 12.2. The molecule has 0 unspecified atom stereocenters. The number of nitrogens with zero attached hydrogens (tertiary/aromatic N) is 4. The SMILES string of the molecule is O=C(Cn1cc(COc2ccc(Br)cc2)nn1)Nc1nc2ccccc2s1. The molecule has 136 valence electrons. The molecule has 27 heavy (non-hydrogen) atoms. The third-order valence-electron chi connectivity index (χ3n) is 3.63. The number of aromatic nitrogens is 4. The minimum Gasteiger partial charge on any atom is -0.487 e. The van der Waals surface area contributed by atoms with E-state index in [9.17, 15) is 4.79 Å². The number of fused-ring (bicyclic) bond motifs is 1. The normalized spacial score (nSPS) is 10.9. The molecule has 1 N–H and O–H groups in total. The summed E-state index contributed by atoms with van der Waals surface area (Å²) >= 11 is 4.81. The van der Waals surface area contributed by atoms with Gasteiger partial charge in [0.1, 0.15) is 24.6 Å². The largest absolute Gasteiger partial charge is 0.487 e. The highest BCUT2D eigenvalue weighted by Gasteiger charge is 2.10. The average Bonchev–Trinajstić information content (AvgIpc) is 3.27. The van der Waals surface area contributed by atoms with E-state index < -0.39 is 0 Å². The smallest absolute Gasteiger partial charge is 0.247 e. The Kier molecular flexibility index (Phi) is 5.12. The molecule has 9 heteroatoms. The molecular weight excluding hydrogens is 430 g/mol. The van der Waals surface area contributed by atoms with Gasteiger partial charge in [0.05, 0.1) is 16.4 Å². The van der Waals surface area contributed by atoms with Gasteiger partial charge in [-0.25, -0.2) is 9.67 Å². The van der Waals surface area contributed by atoms with E-state index in [-0.39, 0.29) is 19.1 Å². The summed E-state index contributed by atoms with van der Waals surface area (Å²) in [5.41, 5.74) is 1.51. The van der Waals surface area contributed by atoms with Crippen LogP contribution in [0, 0.1) is 0 Å². The number of rotatable bonds is 6. The Morgan fingerprint density at radius 2 is 2.00 bits per heavy atom. The number of ether oxygens (including phenoxy) is 1. The van der Waals surface area contributed by atoms with Gasteiger partial charge >= 0.3 is 0 Å². The van der Waals surface area contributed by atoms with E-state index in [1.54, 1.807) is 6.20 Å². The van der Waals surface area contributed by atoms with Gasteiger partial charge in [0.15, 0.2) is 5.13 Å². The highest BCUT2D eigenvalue weighted by atomic mass is 79.9. The first kappa shape index (κ1) is 17.6. The van der Waals surface area contributed by atoms with Crippen LogP contribution in [-0.2, 0) is 17.9 Å². The van der Waals surface area contributed by atoms with Gasteiger partial charge in [-0.1, -0.05) is 44.6 Å². The highest BCUT2D eigenvalue weighted by molar-refractivity contribution is 9.10. The Morgan fingerprint density at radius 1 is 1.19 bits per heavy atom. The molecule has 0 saturated heterocycles. The summed E-state index contributed by atoms with van der Waals surface area (Å²) < 4.78 is 9.14. The number of thiazole rings is 1. The zero-order valence-corrected chi connectivity index (χ0v) is 16.4. The fourth-order valence-corrected chi connectivity index (χ4v) is 3.55. The van der Waals surface area contributed by atoms with Crippen LogP contribution >= 0.6 is 27.3 Å². The van der Waals surface area contributed by atoms with Crippen molar-refractivity contribution < 1.29 is 9.53 Å². The van der Waals surface area contributed by atoms with E-state index in [1.807, 2.05) is 48.5 Å². The Hall–Kier alpha value is -2.78. The van der Waals surface area contributed by atoms with Crippen molar-refractivity contribution in [3.63, 3.8) is 0 Å². The van der Waals surface area contributed by atoms with Gasteiger partial charge in [-0.2, -0.15) is 0 Å². The molecule has 0 saturated carbocycles. The molecule has 0 radical (unpaired) electrons. The fraction of sp³-hybridized carbons (Fsp3) is 0.111.